The monoisotopic (exact) mass is 220 g/mol. The largest absolute Gasteiger partial charge is 0.397 e. The van der Waals surface area contributed by atoms with Gasteiger partial charge >= 0.3 is 0 Å². The molecule has 0 unspecified atom stereocenters. The summed E-state index contributed by atoms with van der Waals surface area (Å²) in [5, 5.41) is 0. The van der Waals surface area contributed by atoms with Crippen LogP contribution in [-0.4, -0.2) is 42.0 Å². The van der Waals surface area contributed by atoms with Gasteiger partial charge in [-0.3, -0.25) is 14.7 Å². The van der Waals surface area contributed by atoms with E-state index in [4.69, 9.17) is 5.73 Å². The number of anilines is 2. The zero-order valence-corrected chi connectivity index (χ0v) is 9.55. The molecule has 1 atom stereocenters. The predicted molar refractivity (Wildman–Crippen MR) is 63.1 cm³/mol. The van der Waals surface area contributed by atoms with Crippen LogP contribution >= 0.6 is 0 Å². The van der Waals surface area contributed by atoms with Crippen LogP contribution in [-0.2, 0) is 4.79 Å². The highest BCUT2D eigenvalue weighted by Crippen LogP contribution is 2.21. The Morgan fingerprint density at radius 1 is 1.50 bits per heavy atom. The summed E-state index contributed by atoms with van der Waals surface area (Å²) in [5.41, 5.74) is 7.04. The van der Waals surface area contributed by atoms with Gasteiger partial charge in [-0.25, -0.2) is 0 Å². The van der Waals surface area contributed by atoms with E-state index in [1.807, 2.05) is 18.9 Å². The van der Waals surface area contributed by atoms with E-state index < -0.39 is 0 Å². The van der Waals surface area contributed by atoms with Gasteiger partial charge in [0.2, 0.25) is 5.91 Å². The summed E-state index contributed by atoms with van der Waals surface area (Å²) in [4.78, 5) is 19.7. The molecule has 0 spiro atoms. The lowest BCUT2D eigenvalue weighted by Gasteiger charge is -2.37. The molecule has 16 heavy (non-hydrogen) atoms. The Balaban J connectivity index is 2.29. The fourth-order valence-corrected chi connectivity index (χ4v) is 2.13. The maximum absolute atomic E-state index is 11.9. The molecule has 5 nitrogen and oxygen atoms in total. The van der Waals surface area contributed by atoms with Gasteiger partial charge in [-0.15, -0.1) is 0 Å². The van der Waals surface area contributed by atoms with Gasteiger partial charge in [-0.1, -0.05) is 0 Å². The van der Waals surface area contributed by atoms with Crippen molar-refractivity contribution in [2.75, 3.05) is 30.8 Å². The van der Waals surface area contributed by atoms with Gasteiger partial charge in [0.05, 0.1) is 24.1 Å². The van der Waals surface area contributed by atoms with Crippen molar-refractivity contribution in [1.29, 1.82) is 0 Å². The number of amides is 1. The fraction of sp³-hybridized carbons (Fsp3) is 0.455. The third-order valence-electron chi connectivity index (χ3n) is 2.71. The predicted octanol–water partition coefficient (Wildman–Crippen LogP) is 0.331. The average molecular weight is 220 g/mol. The molecule has 1 aliphatic heterocycles. The number of nitrogens with zero attached hydrogens (tertiary/aromatic N) is 3. The third-order valence-corrected chi connectivity index (χ3v) is 2.71. The number of hydrogen-bond donors (Lipinski definition) is 1. The number of carbonyl (C=O) groups excluding carboxylic acids is 1. The number of carbonyl (C=O) groups is 1. The Morgan fingerprint density at radius 2 is 2.25 bits per heavy atom. The molecular formula is C11H16N4O. The van der Waals surface area contributed by atoms with E-state index >= 15 is 0 Å². The van der Waals surface area contributed by atoms with Gasteiger partial charge in [0.15, 0.2) is 0 Å². The minimum absolute atomic E-state index is 0.0913. The molecule has 1 fully saturated rings. The quantitative estimate of drug-likeness (QED) is 0.741. The van der Waals surface area contributed by atoms with E-state index in [0.29, 0.717) is 12.2 Å². The highest BCUT2D eigenvalue weighted by Gasteiger charge is 2.29. The van der Waals surface area contributed by atoms with E-state index in [0.717, 1.165) is 12.2 Å². The minimum Gasteiger partial charge on any atom is -0.397 e. The highest BCUT2D eigenvalue weighted by molar-refractivity contribution is 5.96. The number of pyridine rings is 1. The number of aromatic nitrogens is 1. The molecule has 1 saturated heterocycles. The number of rotatable bonds is 1. The van der Waals surface area contributed by atoms with Crippen molar-refractivity contribution < 1.29 is 4.79 Å². The lowest BCUT2D eigenvalue weighted by atomic mass is 10.1. The first-order chi connectivity index (χ1) is 7.58. The van der Waals surface area contributed by atoms with Crippen LogP contribution in [0.1, 0.15) is 6.92 Å². The number of nitrogen functional groups attached to an aromatic ring is 1. The zero-order valence-electron chi connectivity index (χ0n) is 9.55. The second kappa shape index (κ2) is 4.09. The molecule has 1 amide bonds. The summed E-state index contributed by atoms with van der Waals surface area (Å²) in [6, 6.07) is 1.93. The van der Waals surface area contributed by atoms with E-state index in [1.54, 1.807) is 23.4 Å². The number of likely N-dealkylation sites (N-methyl/N-ethyl adjacent to an activating group) is 1. The second-order valence-corrected chi connectivity index (χ2v) is 4.29. The molecule has 2 N–H and O–H groups in total. The van der Waals surface area contributed by atoms with Crippen LogP contribution in [0, 0.1) is 0 Å². The van der Waals surface area contributed by atoms with Gasteiger partial charge in [0.25, 0.3) is 0 Å². The van der Waals surface area contributed by atoms with Crippen molar-refractivity contribution in [2.45, 2.75) is 13.0 Å². The molecule has 1 aromatic rings. The van der Waals surface area contributed by atoms with Crippen LogP contribution in [0.25, 0.3) is 0 Å². The van der Waals surface area contributed by atoms with Crippen molar-refractivity contribution in [3.05, 3.63) is 18.5 Å². The SMILES string of the molecule is C[C@@H]1CN(C)CC(=O)N1c1cncc(N)c1. The van der Waals surface area contributed by atoms with Crippen LogP contribution in [0.2, 0.25) is 0 Å². The first-order valence-corrected chi connectivity index (χ1v) is 5.29. The Kier molecular flexibility index (Phi) is 2.78. The summed E-state index contributed by atoms with van der Waals surface area (Å²) in [5.74, 6) is 0.0913. The number of nitrogens with two attached hydrogens (primary N) is 1. The average Bonchev–Trinajstić information content (AvgIpc) is 2.15. The van der Waals surface area contributed by atoms with Crippen LogP contribution in [0.15, 0.2) is 18.5 Å². The first-order valence-electron chi connectivity index (χ1n) is 5.29. The van der Waals surface area contributed by atoms with Gasteiger partial charge in [-0.2, -0.15) is 0 Å². The smallest absolute Gasteiger partial charge is 0.241 e. The Morgan fingerprint density at radius 3 is 2.88 bits per heavy atom. The normalized spacial score (nSPS) is 22.5. The van der Waals surface area contributed by atoms with Crippen LogP contribution < -0.4 is 10.6 Å². The molecule has 1 aromatic heterocycles. The summed E-state index contributed by atoms with van der Waals surface area (Å²) >= 11 is 0. The lowest BCUT2D eigenvalue weighted by molar-refractivity contribution is -0.121. The number of piperazine rings is 1. The van der Waals surface area contributed by atoms with Crippen molar-refractivity contribution in [3.8, 4) is 0 Å². The summed E-state index contributed by atoms with van der Waals surface area (Å²) in [7, 11) is 1.95. The lowest BCUT2D eigenvalue weighted by Crippen LogP contribution is -2.54. The number of hydrogen-bond acceptors (Lipinski definition) is 4. The Labute approximate surface area is 94.9 Å². The molecule has 5 heteroatoms. The molecule has 86 valence electrons. The van der Waals surface area contributed by atoms with Gasteiger partial charge in [0.1, 0.15) is 0 Å². The zero-order chi connectivity index (χ0) is 11.7. The Bertz CT molecular complexity index is 407. The molecule has 2 heterocycles. The molecule has 0 aromatic carbocycles. The van der Waals surface area contributed by atoms with Crippen LogP contribution in [0.3, 0.4) is 0 Å². The fourth-order valence-electron chi connectivity index (χ4n) is 2.13. The molecule has 0 radical (unpaired) electrons. The molecule has 1 aliphatic rings. The molecule has 0 saturated carbocycles. The summed E-state index contributed by atoms with van der Waals surface area (Å²) in [6.07, 6.45) is 3.25. The molecule has 0 aliphatic carbocycles. The maximum atomic E-state index is 11.9. The van der Waals surface area contributed by atoms with E-state index in [9.17, 15) is 4.79 Å². The maximum Gasteiger partial charge on any atom is 0.241 e. The van der Waals surface area contributed by atoms with Crippen LogP contribution in [0.5, 0.6) is 0 Å². The molecular weight excluding hydrogens is 204 g/mol. The topological polar surface area (TPSA) is 62.5 Å². The van der Waals surface area contributed by atoms with Gasteiger partial charge in [0, 0.05) is 18.8 Å². The van der Waals surface area contributed by atoms with Crippen molar-refractivity contribution in [3.63, 3.8) is 0 Å². The second-order valence-electron chi connectivity index (χ2n) is 4.29. The van der Waals surface area contributed by atoms with E-state index in [2.05, 4.69) is 4.98 Å². The van der Waals surface area contributed by atoms with Crippen molar-refractivity contribution in [2.24, 2.45) is 0 Å². The van der Waals surface area contributed by atoms with Crippen LogP contribution in [0.4, 0.5) is 11.4 Å². The molecule has 0 bridgehead atoms. The summed E-state index contributed by atoms with van der Waals surface area (Å²) in [6.45, 7) is 3.33. The third kappa shape index (κ3) is 1.99. The van der Waals surface area contributed by atoms with Crippen molar-refractivity contribution >= 4 is 17.3 Å². The highest BCUT2D eigenvalue weighted by atomic mass is 16.2. The minimum atomic E-state index is 0.0913. The van der Waals surface area contributed by atoms with Gasteiger partial charge in [-0.05, 0) is 20.0 Å². The Hall–Kier alpha value is -1.62. The standard InChI is InChI=1S/C11H16N4O/c1-8-6-14(2)7-11(16)15(8)10-3-9(12)4-13-5-10/h3-5,8H,6-7,12H2,1-2H3/t8-/m1/s1. The molecule has 2 rings (SSSR count). The van der Waals surface area contributed by atoms with Gasteiger partial charge < -0.3 is 10.6 Å². The van der Waals surface area contributed by atoms with Crippen molar-refractivity contribution in [1.82, 2.24) is 9.88 Å². The van der Waals surface area contributed by atoms with E-state index in [1.165, 1.54) is 0 Å². The van der Waals surface area contributed by atoms with E-state index in [-0.39, 0.29) is 11.9 Å². The first kappa shape index (κ1) is 10.9. The summed E-state index contributed by atoms with van der Waals surface area (Å²) < 4.78 is 0.